The molecule has 3 rings (SSSR count). The van der Waals surface area contributed by atoms with E-state index in [2.05, 4.69) is 17.3 Å². The molecular weight excluding hydrogens is 292 g/mol. The fourth-order valence-electron chi connectivity index (χ4n) is 3.71. The van der Waals surface area contributed by atoms with E-state index in [4.69, 9.17) is 0 Å². The predicted molar refractivity (Wildman–Crippen MR) is 89.1 cm³/mol. The minimum absolute atomic E-state index is 0.0203. The molecule has 0 bridgehead atoms. The Hall–Kier alpha value is -1.30. The Kier molecular flexibility index (Phi) is 5.09. The first-order valence-electron chi connectivity index (χ1n) is 9.05. The Labute approximate surface area is 139 Å². The average molecular weight is 322 g/mol. The van der Waals surface area contributed by atoms with Gasteiger partial charge in [0, 0.05) is 32.2 Å². The van der Waals surface area contributed by atoms with Crippen molar-refractivity contribution in [1.82, 2.24) is 20.0 Å². The molecule has 0 radical (unpaired) electrons. The van der Waals surface area contributed by atoms with Gasteiger partial charge in [0.05, 0.1) is 5.92 Å². The maximum absolute atomic E-state index is 12.8. The van der Waals surface area contributed by atoms with Gasteiger partial charge in [0.25, 0.3) is 0 Å². The van der Waals surface area contributed by atoms with Gasteiger partial charge in [0.15, 0.2) is 0 Å². The van der Waals surface area contributed by atoms with Crippen molar-refractivity contribution in [2.24, 2.45) is 5.92 Å². The highest BCUT2D eigenvalue weighted by molar-refractivity contribution is 5.81. The van der Waals surface area contributed by atoms with Gasteiger partial charge in [-0.2, -0.15) is 0 Å². The van der Waals surface area contributed by atoms with Crippen LogP contribution >= 0.6 is 0 Å². The van der Waals surface area contributed by atoms with Crippen molar-refractivity contribution in [3.63, 3.8) is 0 Å². The first kappa shape index (κ1) is 16.6. The van der Waals surface area contributed by atoms with E-state index >= 15 is 0 Å². The summed E-state index contributed by atoms with van der Waals surface area (Å²) in [7, 11) is 4.08. The molecule has 3 amide bonds. The molecule has 23 heavy (non-hydrogen) atoms. The van der Waals surface area contributed by atoms with E-state index in [1.54, 1.807) is 0 Å². The maximum atomic E-state index is 12.8. The second-order valence-corrected chi connectivity index (χ2v) is 7.49. The van der Waals surface area contributed by atoms with E-state index in [9.17, 15) is 9.59 Å². The Bertz CT molecular complexity index is 444. The minimum Gasteiger partial charge on any atom is -0.342 e. The summed E-state index contributed by atoms with van der Waals surface area (Å²) in [6.45, 7) is 3.47. The average Bonchev–Trinajstić information content (AvgIpc) is 3.38. The van der Waals surface area contributed by atoms with Gasteiger partial charge in [-0.3, -0.25) is 4.79 Å². The summed E-state index contributed by atoms with van der Waals surface area (Å²) in [5.41, 5.74) is 0. The summed E-state index contributed by atoms with van der Waals surface area (Å²) in [6.07, 6.45) is 6.13. The second kappa shape index (κ2) is 7.07. The zero-order valence-electron chi connectivity index (χ0n) is 14.5. The van der Waals surface area contributed by atoms with Gasteiger partial charge < -0.3 is 20.0 Å². The Morgan fingerprint density at radius 1 is 1.04 bits per heavy atom. The number of urea groups is 1. The molecule has 6 heteroatoms. The van der Waals surface area contributed by atoms with Gasteiger partial charge in [-0.25, -0.2) is 4.79 Å². The number of piperidine rings is 2. The predicted octanol–water partition coefficient (Wildman–Crippen LogP) is 1.12. The van der Waals surface area contributed by atoms with Crippen molar-refractivity contribution in [3.8, 4) is 0 Å². The van der Waals surface area contributed by atoms with Crippen LogP contribution in [0.1, 0.15) is 38.5 Å². The highest BCUT2D eigenvalue weighted by atomic mass is 16.2. The first-order valence-corrected chi connectivity index (χ1v) is 9.05. The van der Waals surface area contributed by atoms with Crippen LogP contribution in [-0.4, -0.2) is 79.0 Å². The molecule has 1 saturated carbocycles. The van der Waals surface area contributed by atoms with Gasteiger partial charge in [0.2, 0.25) is 5.91 Å². The highest BCUT2D eigenvalue weighted by Crippen LogP contribution is 2.24. The van der Waals surface area contributed by atoms with Crippen molar-refractivity contribution in [3.05, 3.63) is 0 Å². The van der Waals surface area contributed by atoms with E-state index in [1.807, 2.05) is 16.8 Å². The van der Waals surface area contributed by atoms with Crippen LogP contribution in [0.5, 0.6) is 0 Å². The summed E-state index contributed by atoms with van der Waals surface area (Å²) in [5, 5.41) is 3.04. The molecule has 1 aliphatic carbocycles. The number of amides is 3. The van der Waals surface area contributed by atoms with Crippen LogP contribution in [0.15, 0.2) is 0 Å². The third kappa shape index (κ3) is 4.16. The summed E-state index contributed by atoms with van der Waals surface area (Å²) in [4.78, 5) is 31.2. The molecule has 1 atom stereocenters. The Morgan fingerprint density at radius 3 is 2.39 bits per heavy atom. The van der Waals surface area contributed by atoms with Crippen LogP contribution in [0.4, 0.5) is 4.79 Å². The SMILES string of the molecule is CN1CCC(N(C)C(=O)C2CCCN(C(=O)NC3CC3)C2)CC1. The lowest BCUT2D eigenvalue weighted by molar-refractivity contribution is -0.138. The first-order chi connectivity index (χ1) is 11.0. The second-order valence-electron chi connectivity index (χ2n) is 7.49. The largest absolute Gasteiger partial charge is 0.342 e. The molecule has 2 aliphatic heterocycles. The van der Waals surface area contributed by atoms with Gasteiger partial charge >= 0.3 is 6.03 Å². The van der Waals surface area contributed by atoms with Gasteiger partial charge in [-0.15, -0.1) is 0 Å². The van der Waals surface area contributed by atoms with Gasteiger partial charge in [0.1, 0.15) is 0 Å². The molecule has 0 aromatic rings. The Balaban J connectivity index is 1.52. The number of carbonyl (C=O) groups excluding carboxylic acids is 2. The number of likely N-dealkylation sites (tertiary alicyclic amines) is 2. The molecule has 6 nitrogen and oxygen atoms in total. The van der Waals surface area contributed by atoms with Gasteiger partial charge in [-0.1, -0.05) is 0 Å². The topological polar surface area (TPSA) is 55.9 Å². The van der Waals surface area contributed by atoms with E-state index in [0.717, 1.165) is 58.2 Å². The van der Waals surface area contributed by atoms with E-state index in [0.29, 0.717) is 18.6 Å². The van der Waals surface area contributed by atoms with Crippen LogP contribution in [0, 0.1) is 5.92 Å². The maximum Gasteiger partial charge on any atom is 0.317 e. The smallest absolute Gasteiger partial charge is 0.317 e. The lowest BCUT2D eigenvalue weighted by Crippen LogP contribution is -2.52. The van der Waals surface area contributed by atoms with Gasteiger partial charge in [-0.05, 0) is 58.7 Å². The van der Waals surface area contributed by atoms with E-state index in [1.165, 1.54) is 0 Å². The molecule has 3 aliphatic rings. The lowest BCUT2D eigenvalue weighted by Gasteiger charge is -2.39. The molecule has 1 N–H and O–H groups in total. The van der Waals surface area contributed by atoms with Crippen molar-refractivity contribution in [1.29, 1.82) is 0 Å². The molecule has 130 valence electrons. The third-order valence-corrected chi connectivity index (χ3v) is 5.55. The van der Waals surface area contributed by atoms with Crippen molar-refractivity contribution in [2.45, 2.75) is 50.6 Å². The van der Waals surface area contributed by atoms with Crippen molar-refractivity contribution < 1.29 is 9.59 Å². The molecule has 2 saturated heterocycles. The normalized spacial score (nSPS) is 26.9. The zero-order chi connectivity index (χ0) is 16.4. The van der Waals surface area contributed by atoms with Crippen LogP contribution in [0.2, 0.25) is 0 Å². The highest BCUT2D eigenvalue weighted by Gasteiger charge is 2.34. The molecule has 1 unspecified atom stereocenters. The summed E-state index contributed by atoms with van der Waals surface area (Å²) in [6, 6.07) is 0.752. The molecule has 0 aromatic carbocycles. The number of hydrogen-bond acceptors (Lipinski definition) is 3. The van der Waals surface area contributed by atoms with Crippen LogP contribution < -0.4 is 5.32 Å². The number of nitrogens with one attached hydrogen (secondary N) is 1. The van der Waals surface area contributed by atoms with Crippen molar-refractivity contribution >= 4 is 11.9 Å². The molecular formula is C17H30N4O2. The minimum atomic E-state index is -0.0293. The summed E-state index contributed by atoms with van der Waals surface area (Å²) < 4.78 is 0. The van der Waals surface area contributed by atoms with Crippen LogP contribution in [0.25, 0.3) is 0 Å². The molecule has 2 heterocycles. The number of rotatable bonds is 3. The monoisotopic (exact) mass is 322 g/mol. The molecule has 0 aromatic heterocycles. The van der Waals surface area contributed by atoms with Crippen LogP contribution in [-0.2, 0) is 4.79 Å². The molecule has 3 fully saturated rings. The lowest BCUT2D eigenvalue weighted by atomic mass is 9.95. The number of nitrogens with zero attached hydrogens (tertiary/aromatic N) is 3. The van der Waals surface area contributed by atoms with E-state index in [-0.39, 0.29) is 17.9 Å². The Morgan fingerprint density at radius 2 is 1.74 bits per heavy atom. The standard InChI is InChI=1S/C17H30N4O2/c1-19-10-7-15(8-11-19)20(2)16(22)13-4-3-9-21(12-13)17(23)18-14-5-6-14/h13-15H,3-12H2,1-2H3,(H,18,23). The van der Waals surface area contributed by atoms with Crippen molar-refractivity contribution in [2.75, 3.05) is 40.3 Å². The number of carbonyl (C=O) groups is 2. The van der Waals surface area contributed by atoms with Crippen LogP contribution in [0.3, 0.4) is 0 Å². The fraction of sp³-hybridized carbons (Fsp3) is 0.882. The summed E-state index contributed by atoms with van der Waals surface area (Å²) in [5.74, 6) is 0.196. The zero-order valence-corrected chi connectivity index (χ0v) is 14.5. The third-order valence-electron chi connectivity index (χ3n) is 5.55. The summed E-state index contributed by atoms with van der Waals surface area (Å²) >= 11 is 0. The van der Waals surface area contributed by atoms with E-state index < -0.39 is 0 Å². The molecule has 0 spiro atoms. The quantitative estimate of drug-likeness (QED) is 0.847. The fourth-order valence-corrected chi connectivity index (χ4v) is 3.71. The number of hydrogen-bond donors (Lipinski definition) is 1.